The van der Waals surface area contributed by atoms with Gasteiger partial charge >= 0.3 is 0 Å². The van der Waals surface area contributed by atoms with Crippen molar-refractivity contribution in [2.24, 2.45) is 5.41 Å². The Morgan fingerprint density at radius 2 is 1.94 bits per heavy atom. The lowest BCUT2D eigenvalue weighted by Crippen LogP contribution is -2.42. The molecule has 0 N–H and O–H groups in total. The first-order valence-electron chi connectivity index (χ1n) is 5.66. The Morgan fingerprint density at radius 1 is 1.39 bits per heavy atom. The van der Waals surface area contributed by atoms with Gasteiger partial charge in [-0.15, -0.1) is 0 Å². The van der Waals surface area contributed by atoms with Gasteiger partial charge < -0.3 is 0 Å². The molecule has 6 heteroatoms. The van der Waals surface area contributed by atoms with Gasteiger partial charge in [0.25, 0.3) is 0 Å². The Morgan fingerprint density at radius 3 is 2.39 bits per heavy atom. The molecule has 1 aromatic rings. The van der Waals surface area contributed by atoms with Gasteiger partial charge in [-0.1, -0.05) is 32.4 Å². The Balaban J connectivity index is 3.20. The second-order valence-corrected chi connectivity index (χ2v) is 7.74. The maximum Gasteiger partial charge on any atom is 0.246 e. The second-order valence-electron chi connectivity index (χ2n) is 5.37. The highest BCUT2D eigenvalue weighted by Gasteiger charge is 2.33. The van der Waals surface area contributed by atoms with Crippen LogP contribution in [0, 0.1) is 5.41 Å². The molecular weight excluding hydrogens is 272 g/mol. The monoisotopic (exact) mass is 290 g/mol. The molecule has 0 aliphatic rings. The van der Waals surface area contributed by atoms with Crippen LogP contribution in [0.25, 0.3) is 0 Å². The molecule has 4 nitrogen and oxygen atoms in total. The summed E-state index contributed by atoms with van der Waals surface area (Å²) in [5.41, 5.74) is -0.156. The highest BCUT2D eigenvalue weighted by Crippen LogP contribution is 2.29. The van der Waals surface area contributed by atoms with Gasteiger partial charge in [0.15, 0.2) is 0 Å². The number of rotatable bonds is 3. The van der Waals surface area contributed by atoms with E-state index in [1.54, 1.807) is 7.05 Å². The highest BCUT2D eigenvalue weighted by atomic mass is 35.5. The molecular formula is C12H19ClN2O2S. The molecule has 1 rings (SSSR count). The summed E-state index contributed by atoms with van der Waals surface area (Å²) in [6, 6.07) is 1.32. The summed E-state index contributed by atoms with van der Waals surface area (Å²) in [5.74, 6) is 0. The molecule has 0 amide bonds. The average molecular weight is 291 g/mol. The van der Waals surface area contributed by atoms with Gasteiger partial charge in [0.2, 0.25) is 10.0 Å². The molecule has 102 valence electrons. The largest absolute Gasteiger partial charge is 0.263 e. The lowest BCUT2D eigenvalue weighted by atomic mass is 9.88. The second kappa shape index (κ2) is 5.15. The molecule has 1 heterocycles. The Kier molecular flexibility index (Phi) is 4.41. The van der Waals surface area contributed by atoms with Crippen LogP contribution in [-0.4, -0.2) is 30.8 Å². The number of nitrogens with zero attached hydrogens (tertiary/aromatic N) is 2. The number of pyridine rings is 1. The lowest BCUT2D eigenvalue weighted by Gasteiger charge is -2.34. The summed E-state index contributed by atoms with van der Waals surface area (Å²) in [7, 11) is -2.05. The molecule has 0 saturated heterocycles. The van der Waals surface area contributed by atoms with Crippen LogP contribution in [0.3, 0.4) is 0 Å². The van der Waals surface area contributed by atoms with E-state index in [0.29, 0.717) is 0 Å². The third kappa shape index (κ3) is 3.02. The normalized spacial score (nSPS) is 14.8. The third-order valence-corrected chi connectivity index (χ3v) is 5.59. The first-order valence-corrected chi connectivity index (χ1v) is 7.48. The van der Waals surface area contributed by atoms with E-state index in [0.717, 1.165) is 0 Å². The van der Waals surface area contributed by atoms with Crippen molar-refractivity contribution in [2.45, 2.75) is 38.6 Å². The molecule has 1 unspecified atom stereocenters. The zero-order valence-electron chi connectivity index (χ0n) is 11.3. The van der Waals surface area contributed by atoms with Crippen molar-refractivity contribution in [3.63, 3.8) is 0 Å². The molecule has 0 spiro atoms. The number of halogens is 1. The van der Waals surface area contributed by atoms with Gasteiger partial charge in [0, 0.05) is 25.5 Å². The molecule has 1 atom stereocenters. The van der Waals surface area contributed by atoms with Gasteiger partial charge in [-0.3, -0.25) is 4.98 Å². The summed E-state index contributed by atoms with van der Waals surface area (Å²) >= 11 is 5.93. The van der Waals surface area contributed by atoms with Crippen molar-refractivity contribution in [3.05, 3.63) is 23.5 Å². The summed E-state index contributed by atoms with van der Waals surface area (Å²) in [5, 5.41) is 0.193. The molecule has 18 heavy (non-hydrogen) atoms. The number of hydrogen-bond donors (Lipinski definition) is 0. The van der Waals surface area contributed by atoms with Crippen LogP contribution in [0.2, 0.25) is 5.02 Å². The van der Waals surface area contributed by atoms with E-state index < -0.39 is 10.0 Å². The van der Waals surface area contributed by atoms with Crippen LogP contribution in [0.5, 0.6) is 0 Å². The highest BCUT2D eigenvalue weighted by molar-refractivity contribution is 7.89. The summed E-state index contributed by atoms with van der Waals surface area (Å²) in [6.07, 6.45) is 2.75. The Hall–Kier alpha value is -0.650. The molecule has 0 aliphatic heterocycles. The topological polar surface area (TPSA) is 50.3 Å². The van der Waals surface area contributed by atoms with Crippen LogP contribution in [0.15, 0.2) is 23.4 Å². The zero-order valence-corrected chi connectivity index (χ0v) is 12.9. The zero-order chi connectivity index (χ0) is 14.1. The van der Waals surface area contributed by atoms with E-state index in [2.05, 4.69) is 4.98 Å². The van der Waals surface area contributed by atoms with Crippen LogP contribution in [0.4, 0.5) is 0 Å². The van der Waals surface area contributed by atoms with Crippen LogP contribution >= 0.6 is 11.6 Å². The Labute approximate surface area is 114 Å². The fraction of sp³-hybridized carbons (Fsp3) is 0.583. The van der Waals surface area contributed by atoms with E-state index in [1.165, 1.54) is 22.8 Å². The minimum atomic E-state index is -3.61. The molecule has 0 radical (unpaired) electrons. The van der Waals surface area contributed by atoms with Crippen LogP contribution in [0.1, 0.15) is 27.7 Å². The van der Waals surface area contributed by atoms with Gasteiger partial charge in [-0.25, -0.2) is 8.42 Å². The minimum Gasteiger partial charge on any atom is -0.263 e. The maximum atomic E-state index is 12.4. The fourth-order valence-electron chi connectivity index (χ4n) is 1.46. The minimum absolute atomic E-state index is 0.0465. The molecule has 1 aromatic heterocycles. The van der Waals surface area contributed by atoms with Crippen molar-refractivity contribution < 1.29 is 8.42 Å². The number of aromatic nitrogens is 1. The van der Waals surface area contributed by atoms with E-state index in [-0.39, 0.29) is 21.4 Å². The summed E-state index contributed by atoms with van der Waals surface area (Å²) < 4.78 is 26.2. The van der Waals surface area contributed by atoms with E-state index >= 15 is 0 Å². The maximum absolute atomic E-state index is 12.4. The van der Waals surface area contributed by atoms with Gasteiger partial charge in [-0.2, -0.15) is 4.31 Å². The number of hydrogen-bond acceptors (Lipinski definition) is 3. The first kappa shape index (κ1) is 15.4. The van der Waals surface area contributed by atoms with Gasteiger partial charge in [0.1, 0.15) is 4.90 Å². The predicted octanol–water partition coefficient (Wildman–Crippen LogP) is 2.79. The summed E-state index contributed by atoms with van der Waals surface area (Å²) in [6.45, 7) is 7.86. The van der Waals surface area contributed by atoms with E-state index in [9.17, 15) is 8.42 Å². The van der Waals surface area contributed by atoms with Gasteiger partial charge in [0.05, 0.1) is 5.02 Å². The number of sulfonamides is 1. The van der Waals surface area contributed by atoms with E-state index in [4.69, 9.17) is 11.6 Å². The standard InChI is InChI=1S/C12H19ClN2O2S/c1-9(12(2,3)4)15(5)18(16,17)11-8-14-7-6-10(11)13/h6-9H,1-5H3. The van der Waals surface area contributed by atoms with Crippen molar-refractivity contribution >= 4 is 21.6 Å². The first-order chi connectivity index (χ1) is 8.08. The molecule has 0 bridgehead atoms. The Bertz CT molecular complexity index is 523. The van der Waals surface area contributed by atoms with Crippen molar-refractivity contribution in [1.29, 1.82) is 0 Å². The molecule has 0 aromatic carbocycles. The lowest BCUT2D eigenvalue weighted by molar-refractivity contribution is 0.216. The third-order valence-electron chi connectivity index (χ3n) is 3.19. The molecule has 0 aliphatic carbocycles. The van der Waals surface area contributed by atoms with E-state index in [1.807, 2.05) is 27.7 Å². The SMILES string of the molecule is CC(N(C)S(=O)(=O)c1cnccc1Cl)C(C)(C)C. The van der Waals surface area contributed by atoms with Crippen LogP contribution in [-0.2, 0) is 10.0 Å². The van der Waals surface area contributed by atoms with Crippen molar-refractivity contribution in [2.75, 3.05) is 7.05 Å². The molecule has 0 saturated carbocycles. The van der Waals surface area contributed by atoms with Crippen molar-refractivity contribution in [3.8, 4) is 0 Å². The predicted molar refractivity (Wildman–Crippen MR) is 73.1 cm³/mol. The van der Waals surface area contributed by atoms with Crippen LogP contribution < -0.4 is 0 Å². The summed E-state index contributed by atoms with van der Waals surface area (Å²) in [4.78, 5) is 3.87. The van der Waals surface area contributed by atoms with Crippen molar-refractivity contribution in [1.82, 2.24) is 9.29 Å². The average Bonchev–Trinajstić information content (AvgIpc) is 2.26. The smallest absolute Gasteiger partial charge is 0.246 e. The molecule has 0 fully saturated rings. The quantitative estimate of drug-likeness (QED) is 0.860. The van der Waals surface area contributed by atoms with Gasteiger partial charge in [-0.05, 0) is 18.4 Å². The fourth-order valence-corrected chi connectivity index (χ4v) is 3.41.